The van der Waals surface area contributed by atoms with E-state index in [2.05, 4.69) is 52.6 Å². The summed E-state index contributed by atoms with van der Waals surface area (Å²) in [6, 6.07) is 6.69. The normalized spacial score (nSPS) is 15.3. The SMILES string of the molecule is CN=C(NCCc1cc(C)cc(C)c1)NCCN1CCN(C(C)=O)CC1.I. The molecule has 2 rings (SSSR count). The van der Waals surface area contributed by atoms with Gasteiger partial charge in [-0.2, -0.15) is 0 Å². The molecular formula is C20H34IN5O. The summed E-state index contributed by atoms with van der Waals surface area (Å²) in [6.07, 6.45) is 0.982. The molecule has 0 spiro atoms. The van der Waals surface area contributed by atoms with Crippen LogP contribution in [-0.2, 0) is 11.2 Å². The van der Waals surface area contributed by atoms with E-state index in [-0.39, 0.29) is 29.9 Å². The average molecular weight is 487 g/mol. The van der Waals surface area contributed by atoms with Crippen LogP contribution in [0, 0.1) is 13.8 Å². The van der Waals surface area contributed by atoms with E-state index in [1.165, 1.54) is 16.7 Å². The number of nitrogens with one attached hydrogen (secondary N) is 2. The van der Waals surface area contributed by atoms with Gasteiger partial charge < -0.3 is 15.5 Å². The number of aryl methyl sites for hydroxylation is 2. The number of hydrogen-bond acceptors (Lipinski definition) is 3. The number of nitrogens with zero attached hydrogens (tertiary/aromatic N) is 3. The Hall–Kier alpha value is -1.35. The fourth-order valence-electron chi connectivity index (χ4n) is 3.38. The quantitative estimate of drug-likeness (QED) is 0.365. The van der Waals surface area contributed by atoms with E-state index >= 15 is 0 Å². The van der Waals surface area contributed by atoms with Gasteiger partial charge >= 0.3 is 0 Å². The smallest absolute Gasteiger partial charge is 0.219 e. The third-order valence-corrected chi connectivity index (χ3v) is 4.75. The molecule has 0 aliphatic carbocycles. The van der Waals surface area contributed by atoms with Crippen LogP contribution in [0.2, 0.25) is 0 Å². The molecule has 6 nitrogen and oxygen atoms in total. The Morgan fingerprint density at radius 1 is 1.04 bits per heavy atom. The van der Waals surface area contributed by atoms with Gasteiger partial charge in [-0.15, -0.1) is 24.0 Å². The fraction of sp³-hybridized carbons (Fsp3) is 0.600. The van der Waals surface area contributed by atoms with E-state index in [1.54, 1.807) is 14.0 Å². The lowest BCUT2D eigenvalue weighted by atomic mass is 10.1. The predicted molar refractivity (Wildman–Crippen MR) is 123 cm³/mol. The van der Waals surface area contributed by atoms with Crippen LogP contribution in [0.4, 0.5) is 0 Å². The molecule has 1 heterocycles. The van der Waals surface area contributed by atoms with Crippen molar-refractivity contribution < 1.29 is 4.79 Å². The fourth-order valence-corrected chi connectivity index (χ4v) is 3.38. The van der Waals surface area contributed by atoms with Gasteiger partial charge in [0.2, 0.25) is 5.91 Å². The summed E-state index contributed by atoms with van der Waals surface area (Å²) < 4.78 is 0. The number of guanidine groups is 1. The summed E-state index contributed by atoms with van der Waals surface area (Å²) in [7, 11) is 1.80. The third-order valence-electron chi connectivity index (χ3n) is 4.75. The van der Waals surface area contributed by atoms with E-state index in [1.807, 2.05) is 4.90 Å². The van der Waals surface area contributed by atoms with Gasteiger partial charge in [0.15, 0.2) is 5.96 Å². The first-order chi connectivity index (χ1) is 12.5. The van der Waals surface area contributed by atoms with Gasteiger partial charge in [0.25, 0.3) is 0 Å². The second-order valence-electron chi connectivity index (χ2n) is 7.02. The van der Waals surface area contributed by atoms with Crippen LogP contribution in [0.3, 0.4) is 0 Å². The summed E-state index contributed by atoms with van der Waals surface area (Å²) in [5.41, 5.74) is 3.98. The number of rotatable bonds is 6. The molecule has 0 saturated carbocycles. The lowest BCUT2D eigenvalue weighted by Crippen LogP contribution is -2.50. The second kappa shape index (κ2) is 12.2. The summed E-state index contributed by atoms with van der Waals surface area (Å²) >= 11 is 0. The minimum atomic E-state index is 0. The van der Waals surface area contributed by atoms with E-state index in [9.17, 15) is 4.79 Å². The number of carbonyl (C=O) groups excluding carboxylic acids is 1. The molecule has 1 aliphatic heterocycles. The summed E-state index contributed by atoms with van der Waals surface area (Å²) in [6.45, 7) is 12.1. The first kappa shape index (κ1) is 23.7. The summed E-state index contributed by atoms with van der Waals surface area (Å²) in [4.78, 5) is 20.0. The highest BCUT2D eigenvalue weighted by Gasteiger charge is 2.17. The largest absolute Gasteiger partial charge is 0.356 e. The Balaban J connectivity index is 0.00000364. The molecule has 1 aromatic carbocycles. The van der Waals surface area contributed by atoms with Gasteiger partial charge in [-0.1, -0.05) is 29.3 Å². The van der Waals surface area contributed by atoms with Crippen LogP contribution >= 0.6 is 24.0 Å². The molecule has 0 aromatic heterocycles. The zero-order valence-electron chi connectivity index (χ0n) is 17.0. The molecule has 7 heteroatoms. The Labute approximate surface area is 180 Å². The molecule has 1 fully saturated rings. The highest BCUT2D eigenvalue weighted by Crippen LogP contribution is 2.09. The van der Waals surface area contributed by atoms with Crippen molar-refractivity contribution in [2.24, 2.45) is 4.99 Å². The topological polar surface area (TPSA) is 60.0 Å². The van der Waals surface area contributed by atoms with Crippen molar-refractivity contribution in [3.63, 3.8) is 0 Å². The predicted octanol–water partition coefficient (Wildman–Crippen LogP) is 1.79. The second-order valence-corrected chi connectivity index (χ2v) is 7.02. The lowest BCUT2D eigenvalue weighted by Gasteiger charge is -2.34. The maximum Gasteiger partial charge on any atom is 0.219 e. The molecule has 1 aromatic rings. The number of hydrogen-bond donors (Lipinski definition) is 2. The Morgan fingerprint density at radius 2 is 1.63 bits per heavy atom. The number of benzene rings is 1. The van der Waals surface area contributed by atoms with Crippen molar-refractivity contribution in [1.82, 2.24) is 20.4 Å². The van der Waals surface area contributed by atoms with Crippen molar-refractivity contribution in [1.29, 1.82) is 0 Å². The van der Waals surface area contributed by atoms with Gasteiger partial charge in [-0.25, -0.2) is 0 Å². The number of piperazine rings is 1. The minimum Gasteiger partial charge on any atom is -0.356 e. The van der Waals surface area contributed by atoms with Crippen LogP contribution in [0.1, 0.15) is 23.6 Å². The van der Waals surface area contributed by atoms with Crippen LogP contribution < -0.4 is 10.6 Å². The minimum absolute atomic E-state index is 0. The monoisotopic (exact) mass is 487 g/mol. The summed E-state index contributed by atoms with van der Waals surface area (Å²) in [5.74, 6) is 1.02. The number of carbonyl (C=O) groups is 1. The highest BCUT2D eigenvalue weighted by molar-refractivity contribution is 14.0. The third kappa shape index (κ3) is 8.47. The van der Waals surface area contributed by atoms with E-state index < -0.39 is 0 Å². The lowest BCUT2D eigenvalue weighted by molar-refractivity contribution is -0.130. The van der Waals surface area contributed by atoms with Gasteiger partial charge in [0.05, 0.1) is 0 Å². The number of halogens is 1. The van der Waals surface area contributed by atoms with Gasteiger partial charge in [-0.05, 0) is 25.8 Å². The Kier molecular flexibility index (Phi) is 10.7. The number of aliphatic imine (C=N–C) groups is 1. The van der Waals surface area contributed by atoms with E-state index in [4.69, 9.17) is 0 Å². The first-order valence-corrected chi connectivity index (χ1v) is 9.47. The average Bonchev–Trinajstić information content (AvgIpc) is 2.60. The van der Waals surface area contributed by atoms with Gasteiger partial charge in [0, 0.05) is 59.8 Å². The van der Waals surface area contributed by atoms with Crippen LogP contribution in [0.5, 0.6) is 0 Å². The zero-order chi connectivity index (χ0) is 18.9. The van der Waals surface area contributed by atoms with E-state index in [0.29, 0.717) is 0 Å². The molecule has 27 heavy (non-hydrogen) atoms. The van der Waals surface area contributed by atoms with Crippen LogP contribution in [0.15, 0.2) is 23.2 Å². The van der Waals surface area contributed by atoms with Crippen molar-refractivity contribution in [2.45, 2.75) is 27.2 Å². The van der Waals surface area contributed by atoms with Gasteiger partial charge in [-0.3, -0.25) is 14.7 Å². The number of amides is 1. The van der Waals surface area contributed by atoms with Crippen molar-refractivity contribution >= 4 is 35.8 Å². The van der Waals surface area contributed by atoms with Crippen LogP contribution in [0.25, 0.3) is 0 Å². The highest BCUT2D eigenvalue weighted by atomic mass is 127. The van der Waals surface area contributed by atoms with Gasteiger partial charge in [0.1, 0.15) is 0 Å². The molecule has 152 valence electrons. The first-order valence-electron chi connectivity index (χ1n) is 9.47. The van der Waals surface area contributed by atoms with Crippen molar-refractivity contribution in [2.75, 3.05) is 52.9 Å². The molecule has 1 aliphatic rings. The van der Waals surface area contributed by atoms with Crippen molar-refractivity contribution in [3.8, 4) is 0 Å². The Bertz CT molecular complexity index is 607. The molecule has 1 saturated heterocycles. The molecule has 2 N–H and O–H groups in total. The maximum absolute atomic E-state index is 11.4. The zero-order valence-corrected chi connectivity index (χ0v) is 19.4. The van der Waals surface area contributed by atoms with Crippen LogP contribution in [-0.4, -0.2) is 74.5 Å². The standard InChI is InChI=1S/C20H33N5O.HI/c1-16-13-17(2)15-19(14-16)5-6-22-20(21-4)23-7-8-24-9-11-25(12-10-24)18(3)26;/h13-15H,5-12H2,1-4H3,(H2,21,22,23);1H. The molecule has 1 amide bonds. The molecule has 0 atom stereocenters. The summed E-state index contributed by atoms with van der Waals surface area (Å²) in [5, 5.41) is 6.76. The molecule has 0 radical (unpaired) electrons. The van der Waals surface area contributed by atoms with E-state index in [0.717, 1.165) is 58.2 Å². The molecule has 0 unspecified atom stereocenters. The van der Waals surface area contributed by atoms with Crippen molar-refractivity contribution in [3.05, 3.63) is 34.9 Å². The molecule has 0 bridgehead atoms. The Morgan fingerprint density at radius 3 is 2.19 bits per heavy atom. The maximum atomic E-state index is 11.4. The molecular weight excluding hydrogens is 453 g/mol.